The maximum absolute atomic E-state index is 11.9. The molecule has 1 N–H and O–H groups in total. The lowest BCUT2D eigenvalue weighted by atomic mass is 10.2. The fourth-order valence-electron chi connectivity index (χ4n) is 1.99. The first-order valence-electron chi connectivity index (χ1n) is 6.70. The minimum atomic E-state index is -0.287. The van der Waals surface area contributed by atoms with Crippen molar-refractivity contribution in [2.24, 2.45) is 0 Å². The van der Waals surface area contributed by atoms with Crippen LogP contribution in [0.1, 0.15) is 5.56 Å². The highest BCUT2D eigenvalue weighted by atomic mass is 35.5. The van der Waals surface area contributed by atoms with E-state index in [-0.39, 0.29) is 18.4 Å². The van der Waals surface area contributed by atoms with Gasteiger partial charge in [-0.25, -0.2) is 9.67 Å². The Kier molecular flexibility index (Phi) is 4.59. The number of hydrogen-bond acceptors (Lipinski definition) is 4. The van der Waals surface area contributed by atoms with E-state index in [0.29, 0.717) is 16.6 Å². The summed E-state index contributed by atoms with van der Waals surface area (Å²) in [4.78, 5) is 15.9. The van der Waals surface area contributed by atoms with Crippen molar-refractivity contribution in [3.63, 3.8) is 0 Å². The molecule has 2 aromatic heterocycles. The topological polar surface area (TPSA) is 77.6 Å². The summed E-state index contributed by atoms with van der Waals surface area (Å²) in [5.41, 5.74) is 0.992. The number of amides is 1. The molecule has 1 aromatic carbocycles. The van der Waals surface area contributed by atoms with Crippen LogP contribution in [0.2, 0.25) is 10.0 Å². The highest BCUT2D eigenvalue weighted by Gasteiger charge is 2.08. The minimum Gasteiger partial charge on any atom is -0.292 e. The Balaban J connectivity index is 1.59. The number of carbonyl (C=O) groups is 1. The zero-order valence-corrected chi connectivity index (χ0v) is 13.4. The summed E-state index contributed by atoms with van der Waals surface area (Å²) in [6.45, 7) is 0.549. The Morgan fingerprint density at radius 2 is 2.09 bits per heavy atom. The summed E-state index contributed by atoms with van der Waals surface area (Å²) in [5.74, 6) is -0.0550. The monoisotopic (exact) mass is 350 g/mol. The molecule has 7 nitrogen and oxygen atoms in total. The molecule has 1 amide bonds. The maximum Gasteiger partial charge on any atom is 0.248 e. The number of hydrogen-bond donors (Lipinski definition) is 1. The molecule has 3 aromatic rings. The zero-order chi connectivity index (χ0) is 16.2. The number of carbonyl (C=O) groups excluding carboxylic acids is 1. The van der Waals surface area contributed by atoms with Gasteiger partial charge in [-0.05, 0) is 17.7 Å². The molecule has 0 atom stereocenters. The van der Waals surface area contributed by atoms with Crippen LogP contribution in [-0.4, -0.2) is 30.5 Å². The van der Waals surface area contributed by atoms with Gasteiger partial charge in [-0.2, -0.15) is 5.10 Å². The third-order valence-electron chi connectivity index (χ3n) is 2.93. The molecule has 0 spiro atoms. The Morgan fingerprint density at radius 1 is 1.22 bits per heavy atom. The number of halogens is 2. The Bertz CT molecular complexity index is 828. The molecule has 2 heterocycles. The smallest absolute Gasteiger partial charge is 0.248 e. The molecule has 0 aliphatic rings. The second kappa shape index (κ2) is 6.80. The van der Waals surface area contributed by atoms with E-state index in [1.807, 2.05) is 18.2 Å². The van der Waals surface area contributed by atoms with E-state index in [0.717, 1.165) is 5.56 Å². The largest absolute Gasteiger partial charge is 0.292 e. The average Bonchev–Trinajstić information content (AvgIpc) is 3.08. The van der Waals surface area contributed by atoms with Crippen LogP contribution in [0.15, 0.2) is 43.0 Å². The van der Waals surface area contributed by atoms with Crippen molar-refractivity contribution in [2.45, 2.75) is 13.1 Å². The van der Waals surface area contributed by atoms with Crippen LogP contribution in [0, 0.1) is 0 Å². The highest BCUT2D eigenvalue weighted by Crippen LogP contribution is 2.12. The molecule has 0 aliphatic heterocycles. The molecule has 23 heavy (non-hydrogen) atoms. The summed E-state index contributed by atoms with van der Waals surface area (Å²) >= 11 is 11.7. The molecule has 0 saturated carbocycles. The number of aromatic nitrogens is 5. The maximum atomic E-state index is 11.9. The van der Waals surface area contributed by atoms with Gasteiger partial charge in [0.15, 0.2) is 0 Å². The van der Waals surface area contributed by atoms with E-state index >= 15 is 0 Å². The normalized spacial score (nSPS) is 10.7. The van der Waals surface area contributed by atoms with Gasteiger partial charge in [-0.3, -0.25) is 14.8 Å². The standard InChI is InChI=1S/C14H12Cl2N6O/c15-11-3-1-2-10(4-11)6-22-9-17-14(20-22)19-13(23)8-21-7-12(16)5-18-21/h1-5,7,9H,6,8H2,(H,19,20,23). The lowest BCUT2D eigenvalue weighted by molar-refractivity contribution is -0.116. The van der Waals surface area contributed by atoms with Crippen LogP contribution in [-0.2, 0) is 17.9 Å². The predicted octanol–water partition coefficient (Wildman–Crippen LogP) is 2.47. The van der Waals surface area contributed by atoms with Gasteiger partial charge in [-0.15, -0.1) is 5.10 Å². The van der Waals surface area contributed by atoms with Gasteiger partial charge in [0.2, 0.25) is 11.9 Å². The molecule has 118 valence electrons. The molecule has 0 bridgehead atoms. The summed E-state index contributed by atoms with van der Waals surface area (Å²) in [5, 5.41) is 11.9. The number of nitrogens with one attached hydrogen (secondary N) is 1. The summed E-state index contributed by atoms with van der Waals surface area (Å²) < 4.78 is 3.05. The highest BCUT2D eigenvalue weighted by molar-refractivity contribution is 6.30. The van der Waals surface area contributed by atoms with Gasteiger partial charge >= 0.3 is 0 Å². The molecular formula is C14H12Cl2N6O. The fraction of sp³-hybridized carbons (Fsp3) is 0.143. The molecule has 0 fully saturated rings. The van der Waals surface area contributed by atoms with E-state index in [4.69, 9.17) is 23.2 Å². The van der Waals surface area contributed by atoms with Crippen molar-refractivity contribution in [1.82, 2.24) is 24.5 Å². The number of nitrogens with zero attached hydrogens (tertiary/aromatic N) is 5. The van der Waals surface area contributed by atoms with E-state index in [9.17, 15) is 4.79 Å². The van der Waals surface area contributed by atoms with Crippen LogP contribution in [0.3, 0.4) is 0 Å². The number of rotatable bonds is 5. The first-order valence-corrected chi connectivity index (χ1v) is 7.46. The molecule has 3 rings (SSSR count). The van der Waals surface area contributed by atoms with Crippen molar-refractivity contribution >= 4 is 35.1 Å². The van der Waals surface area contributed by atoms with Gasteiger partial charge in [0.1, 0.15) is 12.9 Å². The van der Waals surface area contributed by atoms with Crippen molar-refractivity contribution in [3.05, 3.63) is 58.6 Å². The van der Waals surface area contributed by atoms with Gasteiger partial charge in [0, 0.05) is 11.2 Å². The molecule has 9 heteroatoms. The minimum absolute atomic E-state index is 0.0373. The molecular weight excluding hydrogens is 339 g/mol. The van der Waals surface area contributed by atoms with Crippen molar-refractivity contribution in [3.8, 4) is 0 Å². The number of anilines is 1. The lowest BCUT2D eigenvalue weighted by Crippen LogP contribution is -2.19. The van der Waals surface area contributed by atoms with E-state index in [2.05, 4.69) is 20.5 Å². The third-order valence-corrected chi connectivity index (χ3v) is 3.36. The summed E-state index contributed by atoms with van der Waals surface area (Å²) in [6.07, 6.45) is 4.57. The number of benzene rings is 1. The van der Waals surface area contributed by atoms with E-state index < -0.39 is 0 Å². The molecule has 0 aliphatic carbocycles. The average molecular weight is 351 g/mol. The SMILES string of the molecule is O=C(Cn1cc(Cl)cn1)Nc1ncn(Cc2cccc(Cl)c2)n1. The van der Waals surface area contributed by atoms with E-state index in [1.54, 1.807) is 23.3 Å². The van der Waals surface area contributed by atoms with Gasteiger partial charge in [0.05, 0.1) is 17.8 Å². The van der Waals surface area contributed by atoms with Crippen molar-refractivity contribution < 1.29 is 4.79 Å². The van der Waals surface area contributed by atoms with Crippen LogP contribution in [0.25, 0.3) is 0 Å². The van der Waals surface area contributed by atoms with Crippen LogP contribution in [0.4, 0.5) is 5.95 Å². The summed E-state index contributed by atoms with van der Waals surface area (Å²) in [7, 11) is 0. The van der Waals surface area contributed by atoms with Crippen molar-refractivity contribution in [1.29, 1.82) is 0 Å². The molecule has 0 saturated heterocycles. The molecule has 0 radical (unpaired) electrons. The fourth-order valence-corrected chi connectivity index (χ4v) is 2.36. The zero-order valence-electron chi connectivity index (χ0n) is 11.9. The summed E-state index contributed by atoms with van der Waals surface area (Å²) in [6, 6.07) is 7.46. The Morgan fingerprint density at radius 3 is 2.83 bits per heavy atom. The second-order valence-electron chi connectivity index (χ2n) is 4.80. The predicted molar refractivity (Wildman–Crippen MR) is 86.4 cm³/mol. The van der Waals surface area contributed by atoms with Crippen LogP contribution in [0.5, 0.6) is 0 Å². The third kappa shape index (κ3) is 4.30. The van der Waals surface area contributed by atoms with Crippen LogP contribution < -0.4 is 5.32 Å². The molecule has 0 unspecified atom stereocenters. The first kappa shape index (κ1) is 15.5. The van der Waals surface area contributed by atoms with Crippen LogP contribution >= 0.6 is 23.2 Å². The Hall–Kier alpha value is -2.38. The van der Waals surface area contributed by atoms with Gasteiger partial charge in [0.25, 0.3) is 0 Å². The second-order valence-corrected chi connectivity index (χ2v) is 5.67. The quantitative estimate of drug-likeness (QED) is 0.766. The lowest BCUT2D eigenvalue weighted by Gasteiger charge is -2.02. The van der Waals surface area contributed by atoms with E-state index in [1.165, 1.54) is 10.9 Å². The van der Waals surface area contributed by atoms with Gasteiger partial charge in [-0.1, -0.05) is 35.3 Å². The first-order chi connectivity index (χ1) is 11.1. The van der Waals surface area contributed by atoms with Gasteiger partial charge < -0.3 is 0 Å². The van der Waals surface area contributed by atoms with Crippen molar-refractivity contribution in [2.75, 3.05) is 5.32 Å². The Labute approximate surface area is 141 Å².